The summed E-state index contributed by atoms with van der Waals surface area (Å²) >= 11 is 0. The Hall–Kier alpha value is -1.62. The molecule has 2 saturated heterocycles. The van der Waals surface area contributed by atoms with Crippen LogP contribution in [0.2, 0.25) is 0 Å². The van der Waals surface area contributed by atoms with E-state index in [1.54, 1.807) is 6.07 Å². The van der Waals surface area contributed by atoms with E-state index in [1.807, 2.05) is 4.90 Å². The van der Waals surface area contributed by atoms with Crippen LogP contribution in [0.25, 0.3) is 0 Å². The summed E-state index contributed by atoms with van der Waals surface area (Å²) in [6, 6.07) is 3.77. The van der Waals surface area contributed by atoms with Crippen LogP contribution in [0.5, 0.6) is 0 Å². The van der Waals surface area contributed by atoms with Crippen molar-refractivity contribution in [1.82, 2.24) is 14.8 Å². The molecule has 1 N–H and O–H groups in total. The van der Waals surface area contributed by atoms with Crippen LogP contribution in [0.4, 0.5) is 0 Å². The number of nitrogens with one attached hydrogen (secondary N) is 1. The van der Waals surface area contributed by atoms with Crippen molar-refractivity contribution in [3.63, 3.8) is 0 Å². The Balaban J connectivity index is 1.81. The van der Waals surface area contributed by atoms with Gasteiger partial charge in [0.25, 0.3) is 5.91 Å². The molecule has 2 fully saturated rings. The number of fused-ring (bicyclic) bond motifs is 1. The van der Waals surface area contributed by atoms with Gasteiger partial charge in [0.05, 0.1) is 0 Å². The third kappa shape index (κ3) is 2.30. The second kappa shape index (κ2) is 4.81. The highest BCUT2D eigenvalue weighted by molar-refractivity contribution is 5.94. The number of rotatable bonds is 1. The molecule has 3 heterocycles. The van der Waals surface area contributed by atoms with Crippen LogP contribution in [0, 0.1) is 0 Å². The second-order valence-corrected chi connectivity index (χ2v) is 5.54. The number of pyridine rings is 1. The van der Waals surface area contributed by atoms with Crippen molar-refractivity contribution < 1.29 is 4.79 Å². The lowest BCUT2D eigenvalue weighted by Gasteiger charge is -2.42. The number of aromatic nitrogens is 1. The highest BCUT2D eigenvalue weighted by atomic mass is 16.2. The predicted octanol–water partition coefficient (Wildman–Crippen LogP) is 0.684. The number of hydrogen-bond donors (Lipinski definition) is 1. The molecule has 2 aliphatic heterocycles. The molecule has 0 spiro atoms. The summed E-state index contributed by atoms with van der Waals surface area (Å²) in [5.41, 5.74) is 0.264. The van der Waals surface area contributed by atoms with E-state index in [2.05, 4.69) is 16.8 Å². The van der Waals surface area contributed by atoms with E-state index in [9.17, 15) is 9.59 Å². The first kappa shape index (κ1) is 12.4. The Labute approximate surface area is 112 Å². The maximum Gasteiger partial charge on any atom is 0.254 e. The number of amides is 1. The van der Waals surface area contributed by atoms with Crippen molar-refractivity contribution in [2.75, 3.05) is 19.6 Å². The fraction of sp³-hybridized carbons (Fsp3) is 0.571. The van der Waals surface area contributed by atoms with Gasteiger partial charge < -0.3 is 9.88 Å². The number of carbonyl (C=O) groups excluding carboxylic acids is 1. The van der Waals surface area contributed by atoms with Crippen molar-refractivity contribution in [3.8, 4) is 0 Å². The average Bonchev–Trinajstić information content (AvgIpc) is 2.84. The molecular formula is C14H19N3O2. The normalized spacial score (nSPS) is 27.3. The fourth-order valence-electron chi connectivity index (χ4n) is 3.21. The molecule has 5 nitrogen and oxygen atoms in total. The van der Waals surface area contributed by atoms with E-state index in [-0.39, 0.29) is 17.5 Å². The third-order valence-corrected chi connectivity index (χ3v) is 4.22. The van der Waals surface area contributed by atoms with E-state index < -0.39 is 0 Å². The van der Waals surface area contributed by atoms with Crippen LogP contribution >= 0.6 is 0 Å². The molecule has 1 aromatic rings. The summed E-state index contributed by atoms with van der Waals surface area (Å²) in [5.74, 6) is -0.0230. The Morgan fingerprint density at radius 3 is 3.05 bits per heavy atom. The van der Waals surface area contributed by atoms with Gasteiger partial charge in [-0.25, -0.2) is 0 Å². The smallest absolute Gasteiger partial charge is 0.254 e. The fourth-order valence-corrected chi connectivity index (χ4v) is 3.21. The van der Waals surface area contributed by atoms with Crippen LogP contribution < -0.4 is 5.56 Å². The summed E-state index contributed by atoms with van der Waals surface area (Å²) in [6.45, 7) is 4.97. The number of carbonyl (C=O) groups is 1. The largest absolute Gasteiger partial charge is 0.333 e. The summed E-state index contributed by atoms with van der Waals surface area (Å²) in [6.07, 6.45) is 3.93. The summed E-state index contributed by atoms with van der Waals surface area (Å²) in [5, 5.41) is 0. The zero-order chi connectivity index (χ0) is 13.4. The Kier molecular flexibility index (Phi) is 3.14. The molecular weight excluding hydrogens is 242 g/mol. The van der Waals surface area contributed by atoms with Gasteiger partial charge in [-0.1, -0.05) is 0 Å². The SMILES string of the molecule is CC1CN2CCCC2CN1C(=O)c1cc[nH]c(=O)c1. The molecule has 0 aliphatic carbocycles. The number of hydrogen-bond acceptors (Lipinski definition) is 3. The maximum atomic E-state index is 12.5. The van der Waals surface area contributed by atoms with Gasteiger partial charge in [-0.05, 0) is 32.4 Å². The molecule has 19 heavy (non-hydrogen) atoms. The summed E-state index contributed by atoms with van der Waals surface area (Å²) in [4.78, 5) is 30.8. The Morgan fingerprint density at radius 1 is 1.42 bits per heavy atom. The monoisotopic (exact) mass is 261 g/mol. The maximum absolute atomic E-state index is 12.5. The first-order valence-electron chi connectivity index (χ1n) is 6.89. The van der Waals surface area contributed by atoms with Crippen LogP contribution in [-0.4, -0.2) is 52.4 Å². The molecule has 3 rings (SSSR count). The van der Waals surface area contributed by atoms with E-state index in [4.69, 9.17) is 0 Å². The Morgan fingerprint density at radius 2 is 2.26 bits per heavy atom. The van der Waals surface area contributed by atoms with Gasteiger partial charge in [-0.15, -0.1) is 0 Å². The second-order valence-electron chi connectivity index (χ2n) is 5.54. The molecule has 1 amide bonds. The van der Waals surface area contributed by atoms with Crippen LogP contribution in [0.1, 0.15) is 30.1 Å². The highest BCUT2D eigenvalue weighted by Crippen LogP contribution is 2.25. The van der Waals surface area contributed by atoms with Gasteiger partial charge in [-0.3, -0.25) is 14.5 Å². The molecule has 5 heteroatoms. The molecule has 0 radical (unpaired) electrons. The minimum absolute atomic E-state index is 0.0230. The minimum atomic E-state index is -0.224. The third-order valence-electron chi connectivity index (χ3n) is 4.22. The van der Waals surface area contributed by atoms with Gasteiger partial charge in [0.1, 0.15) is 0 Å². The molecule has 102 valence electrons. The standard InChI is InChI=1S/C14H19N3O2/c1-10-8-16-6-2-3-12(16)9-17(10)14(19)11-4-5-15-13(18)7-11/h4-5,7,10,12H,2-3,6,8-9H2,1H3,(H,15,18). The number of piperazine rings is 1. The zero-order valence-electron chi connectivity index (χ0n) is 11.1. The quantitative estimate of drug-likeness (QED) is 0.809. The van der Waals surface area contributed by atoms with Gasteiger partial charge in [0, 0.05) is 43.0 Å². The predicted molar refractivity (Wildman–Crippen MR) is 72.2 cm³/mol. The van der Waals surface area contributed by atoms with Crippen LogP contribution in [0.15, 0.2) is 23.1 Å². The van der Waals surface area contributed by atoms with E-state index in [0.29, 0.717) is 11.6 Å². The lowest BCUT2D eigenvalue weighted by molar-refractivity contribution is 0.0395. The van der Waals surface area contributed by atoms with Gasteiger partial charge in [0.2, 0.25) is 5.56 Å². The molecule has 0 aromatic carbocycles. The minimum Gasteiger partial charge on any atom is -0.333 e. The zero-order valence-corrected chi connectivity index (χ0v) is 11.1. The lowest BCUT2D eigenvalue weighted by Crippen LogP contribution is -2.56. The number of aromatic amines is 1. The van der Waals surface area contributed by atoms with E-state index >= 15 is 0 Å². The first-order chi connectivity index (χ1) is 9.15. The lowest BCUT2D eigenvalue weighted by atomic mass is 10.1. The van der Waals surface area contributed by atoms with Crippen LogP contribution in [0.3, 0.4) is 0 Å². The molecule has 0 bridgehead atoms. The number of nitrogens with zero attached hydrogens (tertiary/aromatic N) is 2. The molecule has 2 atom stereocenters. The molecule has 2 unspecified atom stereocenters. The highest BCUT2D eigenvalue weighted by Gasteiger charge is 2.36. The van der Waals surface area contributed by atoms with E-state index in [0.717, 1.165) is 19.6 Å². The van der Waals surface area contributed by atoms with Crippen LogP contribution in [-0.2, 0) is 0 Å². The van der Waals surface area contributed by atoms with Crippen molar-refractivity contribution in [2.45, 2.75) is 31.8 Å². The van der Waals surface area contributed by atoms with Gasteiger partial charge in [-0.2, -0.15) is 0 Å². The first-order valence-corrected chi connectivity index (χ1v) is 6.89. The molecule has 1 aromatic heterocycles. The summed E-state index contributed by atoms with van der Waals surface area (Å²) < 4.78 is 0. The Bertz CT molecular complexity index is 539. The number of H-pyrrole nitrogens is 1. The van der Waals surface area contributed by atoms with Crippen molar-refractivity contribution >= 4 is 5.91 Å². The van der Waals surface area contributed by atoms with Crippen molar-refractivity contribution in [2.24, 2.45) is 0 Å². The van der Waals surface area contributed by atoms with Gasteiger partial charge >= 0.3 is 0 Å². The molecule has 0 saturated carbocycles. The summed E-state index contributed by atoms with van der Waals surface area (Å²) in [7, 11) is 0. The average molecular weight is 261 g/mol. The molecule has 2 aliphatic rings. The van der Waals surface area contributed by atoms with Crippen molar-refractivity contribution in [1.29, 1.82) is 0 Å². The topological polar surface area (TPSA) is 56.4 Å². The van der Waals surface area contributed by atoms with Crippen molar-refractivity contribution in [3.05, 3.63) is 34.2 Å². The van der Waals surface area contributed by atoms with Gasteiger partial charge in [0.15, 0.2) is 0 Å². The van der Waals surface area contributed by atoms with E-state index in [1.165, 1.54) is 25.1 Å².